The summed E-state index contributed by atoms with van der Waals surface area (Å²) in [6.45, 7) is 4.27. The predicted octanol–water partition coefficient (Wildman–Crippen LogP) is 3.14. The Kier molecular flexibility index (Phi) is 2.20. The molecule has 0 saturated carbocycles. The van der Waals surface area contributed by atoms with Gasteiger partial charge in [-0.2, -0.15) is 0 Å². The van der Waals surface area contributed by atoms with Crippen molar-refractivity contribution in [2.45, 2.75) is 25.1 Å². The number of rotatable bonds is 1. The highest BCUT2D eigenvalue weighted by molar-refractivity contribution is 6.25. The summed E-state index contributed by atoms with van der Waals surface area (Å²) in [6, 6.07) is 0. The standard InChI is InChI=1S/C9H13Cl/c1-3-9(10)7-5-4-6-8(9)2/h4-8H,3H2,1-2H3. The average molecular weight is 157 g/mol. The summed E-state index contributed by atoms with van der Waals surface area (Å²) in [5.41, 5.74) is 0. The molecule has 56 valence electrons. The van der Waals surface area contributed by atoms with Crippen molar-refractivity contribution in [1.29, 1.82) is 0 Å². The Labute approximate surface area is 67.6 Å². The first kappa shape index (κ1) is 7.87. The molecule has 0 aromatic heterocycles. The zero-order valence-electron chi connectivity index (χ0n) is 6.47. The van der Waals surface area contributed by atoms with Crippen molar-refractivity contribution in [3.63, 3.8) is 0 Å². The summed E-state index contributed by atoms with van der Waals surface area (Å²) in [7, 11) is 0. The van der Waals surface area contributed by atoms with Gasteiger partial charge in [0.15, 0.2) is 0 Å². The average Bonchev–Trinajstić information content (AvgIpc) is 1.96. The molecule has 0 aromatic rings. The molecular weight excluding hydrogens is 144 g/mol. The van der Waals surface area contributed by atoms with Gasteiger partial charge in [0.1, 0.15) is 0 Å². The van der Waals surface area contributed by atoms with Gasteiger partial charge < -0.3 is 0 Å². The fraction of sp³-hybridized carbons (Fsp3) is 0.556. The summed E-state index contributed by atoms with van der Waals surface area (Å²) in [6.07, 6.45) is 9.31. The van der Waals surface area contributed by atoms with Gasteiger partial charge in [-0.15, -0.1) is 11.6 Å². The van der Waals surface area contributed by atoms with Crippen LogP contribution in [0.3, 0.4) is 0 Å². The molecule has 10 heavy (non-hydrogen) atoms. The Bertz CT molecular complexity index is 170. The van der Waals surface area contributed by atoms with Crippen molar-refractivity contribution in [2.24, 2.45) is 5.92 Å². The van der Waals surface area contributed by atoms with Crippen molar-refractivity contribution >= 4 is 11.6 Å². The largest absolute Gasteiger partial charge is 0.114 e. The Hall–Kier alpha value is -0.230. The summed E-state index contributed by atoms with van der Waals surface area (Å²) in [4.78, 5) is -0.116. The molecule has 0 N–H and O–H groups in total. The van der Waals surface area contributed by atoms with Crippen LogP contribution in [0.2, 0.25) is 0 Å². The maximum absolute atomic E-state index is 6.27. The van der Waals surface area contributed by atoms with E-state index in [0.717, 1.165) is 6.42 Å². The Morgan fingerprint density at radius 2 is 2.20 bits per heavy atom. The van der Waals surface area contributed by atoms with E-state index >= 15 is 0 Å². The van der Waals surface area contributed by atoms with Gasteiger partial charge in [0, 0.05) is 0 Å². The zero-order valence-corrected chi connectivity index (χ0v) is 7.23. The lowest BCUT2D eigenvalue weighted by Crippen LogP contribution is -2.26. The first-order chi connectivity index (χ1) is 4.69. The molecule has 0 bridgehead atoms. The van der Waals surface area contributed by atoms with Crippen LogP contribution in [0, 0.1) is 5.92 Å². The molecule has 2 unspecified atom stereocenters. The van der Waals surface area contributed by atoms with E-state index in [9.17, 15) is 0 Å². The molecule has 0 spiro atoms. The highest BCUT2D eigenvalue weighted by Crippen LogP contribution is 2.33. The van der Waals surface area contributed by atoms with Gasteiger partial charge in [0.25, 0.3) is 0 Å². The monoisotopic (exact) mass is 156 g/mol. The third kappa shape index (κ3) is 1.27. The summed E-state index contributed by atoms with van der Waals surface area (Å²) < 4.78 is 0. The van der Waals surface area contributed by atoms with Crippen molar-refractivity contribution in [2.75, 3.05) is 0 Å². The minimum absolute atomic E-state index is 0.116. The molecular formula is C9H13Cl. The number of hydrogen-bond acceptors (Lipinski definition) is 0. The first-order valence-corrected chi connectivity index (χ1v) is 4.12. The highest BCUT2D eigenvalue weighted by Gasteiger charge is 2.28. The molecule has 0 heterocycles. The molecule has 0 aliphatic heterocycles. The predicted molar refractivity (Wildman–Crippen MR) is 46.3 cm³/mol. The molecule has 2 atom stereocenters. The summed E-state index contributed by atoms with van der Waals surface area (Å²) in [5.74, 6) is 0.462. The maximum Gasteiger partial charge on any atom is 0.0686 e. The fourth-order valence-corrected chi connectivity index (χ4v) is 1.34. The van der Waals surface area contributed by atoms with Crippen molar-refractivity contribution in [3.05, 3.63) is 24.3 Å². The molecule has 0 fully saturated rings. The number of hydrogen-bond donors (Lipinski definition) is 0. The van der Waals surface area contributed by atoms with Gasteiger partial charge in [0.2, 0.25) is 0 Å². The third-order valence-corrected chi connectivity index (χ3v) is 2.92. The van der Waals surface area contributed by atoms with E-state index in [1.165, 1.54) is 0 Å². The molecule has 1 aliphatic rings. The Morgan fingerprint density at radius 1 is 1.50 bits per heavy atom. The molecule has 1 heteroatoms. The fourth-order valence-electron chi connectivity index (χ4n) is 1.20. The first-order valence-electron chi connectivity index (χ1n) is 3.74. The van der Waals surface area contributed by atoms with Crippen LogP contribution in [-0.2, 0) is 0 Å². The van der Waals surface area contributed by atoms with Gasteiger partial charge >= 0.3 is 0 Å². The van der Waals surface area contributed by atoms with Crippen molar-refractivity contribution in [3.8, 4) is 0 Å². The number of halogens is 1. The lowest BCUT2D eigenvalue weighted by atomic mass is 9.87. The molecule has 1 aliphatic carbocycles. The van der Waals surface area contributed by atoms with Gasteiger partial charge in [-0.1, -0.05) is 38.2 Å². The van der Waals surface area contributed by atoms with Crippen LogP contribution in [0.15, 0.2) is 24.3 Å². The van der Waals surface area contributed by atoms with E-state index in [4.69, 9.17) is 11.6 Å². The minimum Gasteiger partial charge on any atom is -0.114 e. The van der Waals surface area contributed by atoms with Crippen LogP contribution < -0.4 is 0 Å². The van der Waals surface area contributed by atoms with Crippen LogP contribution >= 0.6 is 11.6 Å². The second kappa shape index (κ2) is 2.79. The van der Waals surface area contributed by atoms with Crippen LogP contribution in [-0.4, -0.2) is 4.87 Å². The Morgan fingerprint density at radius 3 is 2.60 bits per heavy atom. The van der Waals surface area contributed by atoms with Gasteiger partial charge in [-0.05, 0) is 12.3 Å². The third-order valence-electron chi connectivity index (χ3n) is 2.18. The molecule has 0 aromatic carbocycles. The molecule has 0 saturated heterocycles. The quantitative estimate of drug-likeness (QED) is 0.512. The van der Waals surface area contributed by atoms with Crippen LogP contribution in [0.25, 0.3) is 0 Å². The van der Waals surface area contributed by atoms with E-state index in [0.29, 0.717) is 5.92 Å². The lowest BCUT2D eigenvalue weighted by Gasteiger charge is -2.28. The smallest absolute Gasteiger partial charge is 0.0686 e. The van der Waals surface area contributed by atoms with E-state index in [2.05, 4.69) is 32.1 Å². The van der Waals surface area contributed by atoms with Crippen LogP contribution in [0.5, 0.6) is 0 Å². The maximum atomic E-state index is 6.27. The second-order valence-electron chi connectivity index (χ2n) is 2.81. The van der Waals surface area contributed by atoms with Gasteiger partial charge in [-0.25, -0.2) is 0 Å². The normalized spacial score (nSPS) is 38.5. The van der Waals surface area contributed by atoms with E-state index in [1.54, 1.807) is 0 Å². The van der Waals surface area contributed by atoms with Crippen LogP contribution in [0.1, 0.15) is 20.3 Å². The highest BCUT2D eigenvalue weighted by atomic mass is 35.5. The van der Waals surface area contributed by atoms with Gasteiger partial charge in [-0.3, -0.25) is 0 Å². The number of alkyl halides is 1. The molecule has 0 radical (unpaired) electrons. The van der Waals surface area contributed by atoms with Crippen molar-refractivity contribution < 1.29 is 0 Å². The zero-order chi connectivity index (χ0) is 7.61. The van der Waals surface area contributed by atoms with Crippen molar-refractivity contribution in [1.82, 2.24) is 0 Å². The summed E-state index contributed by atoms with van der Waals surface area (Å²) >= 11 is 6.27. The van der Waals surface area contributed by atoms with Gasteiger partial charge in [0.05, 0.1) is 4.87 Å². The van der Waals surface area contributed by atoms with Crippen LogP contribution in [0.4, 0.5) is 0 Å². The Balaban J connectivity index is 2.77. The molecule has 1 rings (SSSR count). The SMILES string of the molecule is CCC1(Cl)C=CC=CC1C. The minimum atomic E-state index is -0.116. The topological polar surface area (TPSA) is 0 Å². The lowest BCUT2D eigenvalue weighted by molar-refractivity contribution is 0.529. The molecule has 0 nitrogen and oxygen atoms in total. The van der Waals surface area contributed by atoms with E-state index in [1.807, 2.05) is 6.08 Å². The second-order valence-corrected chi connectivity index (χ2v) is 3.52. The summed E-state index contributed by atoms with van der Waals surface area (Å²) in [5, 5.41) is 0. The van der Waals surface area contributed by atoms with E-state index < -0.39 is 0 Å². The van der Waals surface area contributed by atoms with E-state index in [-0.39, 0.29) is 4.87 Å². The molecule has 0 amide bonds. The number of allylic oxidation sites excluding steroid dienone is 4.